The van der Waals surface area contributed by atoms with Gasteiger partial charge in [-0.05, 0) is 54.7 Å². The third kappa shape index (κ3) is 4.70. The van der Waals surface area contributed by atoms with Gasteiger partial charge in [-0.25, -0.2) is 0 Å². The Morgan fingerprint density at radius 3 is 2.04 bits per heavy atom. The first-order chi connectivity index (χ1) is 12.6. The van der Waals surface area contributed by atoms with Gasteiger partial charge in [0.15, 0.2) is 0 Å². The molecule has 0 atom stereocenters. The zero-order valence-corrected chi connectivity index (χ0v) is 16.7. The van der Waals surface area contributed by atoms with Gasteiger partial charge in [0.2, 0.25) is 0 Å². The van der Waals surface area contributed by atoms with Gasteiger partial charge in [-0.15, -0.1) is 12.4 Å². The average molecular weight is 382 g/mol. The van der Waals surface area contributed by atoms with Gasteiger partial charge in [0, 0.05) is 5.56 Å². The molecule has 0 aliphatic heterocycles. The van der Waals surface area contributed by atoms with Gasteiger partial charge >= 0.3 is 0 Å². The first-order valence-electron chi connectivity index (χ1n) is 9.53. The van der Waals surface area contributed by atoms with Crippen LogP contribution in [-0.4, -0.2) is 5.84 Å². The summed E-state index contributed by atoms with van der Waals surface area (Å²) in [6.45, 7) is 2.17. The van der Waals surface area contributed by atoms with Crippen molar-refractivity contribution in [2.45, 2.75) is 51.4 Å². The van der Waals surface area contributed by atoms with Crippen molar-refractivity contribution >= 4 is 18.2 Å². The molecule has 0 saturated heterocycles. The number of nitriles is 1. The Morgan fingerprint density at radius 2 is 1.59 bits per heavy atom. The molecule has 0 spiro atoms. The van der Waals surface area contributed by atoms with Crippen molar-refractivity contribution in [2.24, 2.45) is 11.1 Å². The number of halogens is 1. The highest BCUT2D eigenvalue weighted by atomic mass is 35.5. The van der Waals surface area contributed by atoms with Crippen molar-refractivity contribution in [3.05, 3.63) is 59.7 Å². The molecule has 0 aromatic heterocycles. The summed E-state index contributed by atoms with van der Waals surface area (Å²) < 4.78 is 0. The molecule has 1 fully saturated rings. The topological polar surface area (TPSA) is 73.7 Å². The van der Waals surface area contributed by atoms with E-state index in [2.05, 4.69) is 37.3 Å². The van der Waals surface area contributed by atoms with Crippen LogP contribution in [0.15, 0.2) is 48.5 Å². The standard InChI is InChI=1S/C23H27N3.ClH/c1-2-13-23(16-24)14-11-20(12-15-23)19-5-3-17(4-6-19)18-7-9-21(10-8-18)22(25)26;/h3-10,20H,2,11-15H2,1H3,(H3,25,26);1H. The maximum Gasteiger partial charge on any atom is 0.122 e. The Hall–Kier alpha value is -2.31. The van der Waals surface area contributed by atoms with Crippen molar-refractivity contribution in [3.63, 3.8) is 0 Å². The smallest absolute Gasteiger partial charge is 0.122 e. The summed E-state index contributed by atoms with van der Waals surface area (Å²) in [5.74, 6) is 0.670. The molecule has 0 amide bonds. The molecule has 3 nitrogen and oxygen atoms in total. The number of amidine groups is 1. The predicted molar refractivity (Wildman–Crippen MR) is 114 cm³/mol. The largest absolute Gasteiger partial charge is 0.384 e. The number of nitrogens with one attached hydrogen (secondary N) is 1. The Kier molecular flexibility index (Phi) is 7.05. The molecule has 27 heavy (non-hydrogen) atoms. The summed E-state index contributed by atoms with van der Waals surface area (Å²) in [5, 5.41) is 17.1. The van der Waals surface area contributed by atoms with Crippen LogP contribution in [0.3, 0.4) is 0 Å². The van der Waals surface area contributed by atoms with Gasteiger partial charge in [0.25, 0.3) is 0 Å². The van der Waals surface area contributed by atoms with E-state index < -0.39 is 0 Å². The summed E-state index contributed by atoms with van der Waals surface area (Å²) in [4.78, 5) is 0. The normalized spacial score (nSPS) is 21.7. The quantitative estimate of drug-likeness (QED) is 0.490. The van der Waals surface area contributed by atoms with E-state index in [1.807, 2.05) is 24.3 Å². The van der Waals surface area contributed by atoms with Crippen LogP contribution in [0.4, 0.5) is 0 Å². The van der Waals surface area contributed by atoms with Crippen LogP contribution in [0.5, 0.6) is 0 Å². The van der Waals surface area contributed by atoms with Gasteiger partial charge in [0.05, 0.1) is 11.5 Å². The van der Waals surface area contributed by atoms with E-state index in [4.69, 9.17) is 11.1 Å². The minimum Gasteiger partial charge on any atom is -0.384 e. The van der Waals surface area contributed by atoms with Gasteiger partial charge < -0.3 is 5.73 Å². The Labute approximate surface area is 168 Å². The van der Waals surface area contributed by atoms with Crippen LogP contribution in [0.25, 0.3) is 11.1 Å². The van der Waals surface area contributed by atoms with Crippen LogP contribution in [-0.2, 0) is 0 Å². The molecule has 4 heteroatoms. The van der Waals surface area contributed by atoms with E-state index in [1.54, 1.807) is 0 Å². The zero-order valence-electron chi connectivity index (χ0n) is 15.9. The van der Waals surface area contributed by atoms with E-state index in [0.29, 0.717) is 5.92 Å². The summed E-state index contributed by atoms with van der Waals surface area (Å²) in [6.07, 6.45) is 6.40. The molecule has 0 radical (unpaired) electrons. The molecule has 1 saturated carbocycles. The van der Waals surface area contributed by atoms with E-state index in [-0.39, 0.29) is 23.7 Å². The highest BCUT2D eigenvalue weighted by Gasteiger charge is 2.34. The van der Waals surface area contributed by atoms with Crippen molar-refractivity contribution in [2.75, 3.05) is 0 Å². The fraction of sp³-hybridized carbons (Fsp3) is 0.391. The lowest BCUT2D eigenvalue weighted by atomic mass is 9.68. The second kappa shape index (κ2) is 9.06. The highest BCUT2D eigenvalue weighted by Crippen LogP contribution is 2.45. The Balaban J connectivity index is 0.00000261. The fourth-order valence-corrected chi connectivity index (χ4v) is 4.19. The summed E-state index contributed by atoms with van der Waals surface area (Å²) >= 11 is 0. The second-order valence-electron chi connectivity index (χ2n) is 7.53. The van der Waals surface area contributed by atoms with Crippen molar-refractivity contribution in [1.29, 1.82) is 10.7 Å². The molecule has 2 aromatic carbocycles. The SMILES string of the molecule is CCCC1(C#N)CCC(c2ccc(-c3ccc(C(=N)N)cc3)cc2)CC1.Cl. The number of nitrogens with zero attached hydrogens (tertiary/aromatic N) is 1. The molecular formula is C23H28ClN3. The second-order valence-corrected chi connectivity index (χ2v) is 7.53. The molecule has 0 bridgehead atoms. The first kappa shape index (κ1) is 21.0. The van der Waals surface area contributed by atoms with Crippen molar-refractivity contribution in [1.82, 2.24) is 0 Å². The first-order valence-corrected chi connectivity index (χ1v) is 9.53. The number of nitrogen functional groups attached to an aromatic ring is 1. The third-order valence-corrected chi connectivity index (χ3v) is 5.82. The van der Waals surface area contributed by atoms with Crippen LogP contribution < -0.4 is 5.73 Å². The Bertz CT molecular complexity index is 795. The fourth-order valence-electron chi connectivity index (χ4n) is 4.19. The minimum atomic E-state index is -0.0797. The van der Waals surface area contributed by atoms with E-state index in [0.717, 1.165) is 49.7 Å². The molecule has 3 rings (SSSR count). The van der Waals surface area contributed by atoms with Crippen molar-refractivity contribution in [3.8, 4) is 17.2 Å². The zero-order chi connectivity index (χ0) is 18.6. The van der Waals surface area contributed by atoms with E-state index >= 15 is 0 Å². The van der Waals surface area contributed by atoms with Gasteiger partial charge in [-0.3, -0.25) is 5.41 Å². The highest BCUT2D eigenvalue weighted by molar-refractivity contribution is 5.95. The molecule has 0 unspecified atom stereocenters. The average Bonchev–Trinajstić information content (AvgIpc) is 2.69. The lowest BCUT2D eigenvalue weighted by Crippen LogP contribution is -2.25. The molecule has 0 heterocycles. The van der Waals surface area contributed by atoms with Crippen LogP contribution >= 0.6 is 12.4 Å². The summed E-state index contributed by atoms with van der Waals surface area (Å²) in [6, 6.07) is 19.2. The number of rotatable bonds is 5. The summed E-state index contributed by atoms with van der Waals surface area (Å²) in [5.41, 5.74) is 9.89. The maximum absolute atomic E-state index is 9.57. The minimum absolute atomic E-state index is 0. The van der Waals surface area contributed by atoms with Gasteiger partial charge in [0.1, 0.15) is 5.84 Å². The van der Waals surface area contributed by atoms with E-state index in [1.165, 1.54) is 11.1 Å². The van der Waals surface area contributed by atoms with E-state index in [9.17, 15) is 5.26 Å². The monoisotopic (exact) mass is 381 g/mol. The molecule has 1 aliphatic rings. The lowest BCUT2D eigenvalue weighted by Gasteiger charge is -2.35. The third-order valence-electron chi connectivity index (χ3n) is 5.82. The number of hydrogen-bond acceptors (Lipinski definition) is 2. The number of nitrogens with two attached hydrogens (primary N) is 1. The van der Waals surface area contributed by atoms with Crippen molar-refractivity contribution < 1.29 is 0 Å². The number of hydrogen-bond donors (Lipinski definition) is 2. The Morgan fingerprint density at radius 1 is 1.07 bits per heavy atom. The van der Waals surface area contributed by atoms with Gasteiger partial charge in [-0.2, -0.15) is 5.26 Å². The summed E-state index contributed by atoms with van der Waals surface area (Å²) in [7, 11) is 0. The van der Waals surface area contributed by atoms with Gasteiger partial charge in [-0.1, -0.05) is 61.9 Å². The van der Waals surface area contributed by atoms with Crippen LogP contribution in [0, 0.1) is 22.2 Å². The molecule has 2 aromatic rings. The number of benzene rings is 2. The van der Waals surface area contributed by atoms with Crippen LogP contribution in [0.1, 0.15) is 62.5 Å². The molecule has 3 N–H and O–H groups in total. The molecular weight excluding hydrogens is 354 g/mol. The lowest BCUT2D eigenvalue weighted by molar-refractivity contribution is 0.228. The molecule has 1 aliphatic carbocycles. The maximum atomic E-state index is 9.57. The predicted octanol–water partition coefficient (Wildman–Crippen LogP) is 6.03. The molecule has 142 valence electrons. The van der Waals surface area contributed by atoms with Crippen LogP contribution in [0.2, 0.25) is 0 Å².